The van der Waals surface area contributed by atoms with E-state index in [1.54, 1.807) is 11.7 Å². The van der Waals surface area contributed by atoms with Crippen molar-refractivity contribution in [1.82, 2.24) is 9.47 Å². The maximum Gasteiger partial charge on any atom is 0.268 e. The zero-order chi connectivity index (χ0) is 21.6. The first-order valence-corrected chi connectivity index (χ1v) is 11.7. The van der Waals surface area contributed by atoms with E-state index >= 15 is 0 Å². The summed E-state index contributed by atoms with van der Waals surface area (Å²) in [5.74, 6) is -0.120. The Labute approximate surface area is 184 Å². The monoisotopic (exact) mass is 420 g/mol. The number of likely N-dealkylation sites (tertiary alicyclic amines) is 1. The van der Waals surface area contributed by atoms with Gasteiger partial charge in [0.1, 0.15) is 5.56 Å². The smallest absolute Gasteiger partial charge is 0.268 e. The molecule has 0 N–H and O–H groups in total. The highest BCUT2D eigenvalue weighted by molar-refractivity contribution is 5.95. The van der Waals surface area contributed by atoms with Gasteiger partial charge < -0.3 is 9.64 Å². The van der Waals surface area contributed by atoms with Gasteiger partial charge in [-0.15, -0.1) is 0 Å². The van der Waals surface area contributed by atoms with Gasteiger partial charge in [0.25, 0.3) is 11.5 Å². The van der Waals surface area contributed by atoms with E-state index in [0.717, 1.165) is 62.6 Å². The number of ether oxygens (including phenoxy) is 1. The van der Waals surface area contributed by atoms with E-state index in [-0.39, 0.29) is 23.0 Å². The zero-order valence-electron chi connectivity index (χ0n) is 18.7. The molecule has 1 saturated carbocycles. The molecule has 0 bridgehead atoms. The lowest BCUT2D eigenvalue weighted by Crippen LogP contribution is -2.51. The van der Waals surface area contributed by atoms with Crippen LogP contribution in [0.5, 0.6) is 0 Å². The van der Waals surface area contributed by atoms with Gasteiger partial charge in [-0.2, -0.15) is 0 Å². The number of carbonyl (C=O) groups is 1. The second kappa shape index (κ2) is 7.94. The predicted molar refractivity (Wildman–Crippen MR) is 121 cm³/mol. The number of benzene rings is 1. The second-order valence-electron chi connectivity index (χ2n) is 9.63. The normalized spacial score (nSPS) is 25.2. The number of methoxy groups -OCH3 is 1. The average molecular weight is 421 g/mol. The molecule has 1 aromatic carbocycles. The Morgan fingerprint density at radius 1 is 1.13 bits per heavy atom. The molecule has 5 heteroatoms. The van der Waals surface area contributed by atoms with Gasteiger partial charge in [-0.3, -0.25) is 14.2 Å². The summed E-state index contributed by atoms with van der Waals surface area (Å²) in [5, 5.41) is 0. The van der Waals surface area contributed by atoms with Gasteiger partial charge in [0.15, 0.2) is 0 Å². The summed E-state index contributed by atoms with van der Waals surface area (Å²) in [6.07, 6.45) is 10.6. The minimum Gasteiger partial charge on any atom is -0.381 e. The highest BCUT2D eigenvalue weighted by Gasteiger charge is 2.47. The molecule has 1 saturated heterocycles. The Bertz CT molecular complexity index is 1070. The molecule has 1 amide bonds. The largest absolute Gasteiger partial charge is 0.381 e. The van der Waals surface area contributed by atoms with Crippen molar-refractivity contribution in [3.63, 3.8) is 0 Å². The van der Waals surface area contributed by atoms with Crippen LogP contribution in [-0.2, 0) is 17.6 Å². The Morgan fingerprint density at radius 3 is 2.81 bits per heavy atom. The molecule has 2 fully saturated rings. The highest BCUT2D eigenvalue weighted by atomic mass is 16.5. The minimum absolute atomic E-state index is 0.0462. The van der Waals surface area contributed by atoms with Gasteiger partial charge in [0.05, 0.1) is 11.8 Å². The third-order valence-electron chi connectivity index (χ3n) is 7.90. The van der Waals surface area contributed by atoms with Gasteiger partial charge in [0, 0.05) is 31.8 Å². The third kappa shape index (κ3) is 3.34. The number of hydrogen-bond acceptors (Lipinski definition) is 3. The van der Waals surface area contributed by atoms with E-state index in [0.29, 0.717) is 18.7 Å². The first kappa shape index (κ1) is 20.5. The first-order chi connectivity index (χ1) is 15.0. The van der Waals surface area contributed by atoms with Crippen molar-refractivity contribution in [2.45, 2.75) is 64.4 Å². The van der Waals surface area contributed by atoms with Gasteiger partial charge >= 0.3 is 0 Å². The van der Waals surface area contributed by atoms with Crippen molar-refractivity contribution in [2.75, 3.05) is 20.2 Å². The SMILES string of the molecule is CO[C@@H]1CCC[C@]12CCCN(C(=O)c1c(C)ccn(-c3cccc4c3CCC4)c1=O)C2. The number of piperidine rings is 1. The van der Waals surface area contributed by atoms with Crippen LogP contribution in [0.25, 0.3) is 5.69 Å². The molecule has 0 unspecified atom stereocenters. The Balaban J connectivity index is 1.51. The summed E-state index contributed by atoms with van der Waals surface area (Å²) in [6, 6.07) is 8.09. The van der Waals surface area contributed by atoms with Gasteiger partial charge in [-0.1, -0.05) is 18.6 Å². The lowest BCUT2D eigenvalue weighted by atomic mass is 9.76. The van der Waals surface area contributed by atoms with E-state index in [4.69, 9.17) is 4.74 Å². The van der Waals surface area contributed by atoms with Gasteiger partial charge in [-0.25, -0.2) is 0 Å². The molecular formula is C26H32N2O3. The summed E-state index contributed by atoms with van der Waals surface area (Å²) < 4.78 is 7.49. The number of rotatable bonds is 3. The maximum atomic E-state index is 13.7. The molecule has 2 aliphatic carbocycles. The Morgan fingerprint density at radius 2 is 1.97 bits per heavy atom. The molecular weight excluding hydrogens is 388 g/mol. The summed E-state index contributed by atoms with van der Waals surface area (Å²) in [5.41, 5.74) is 4.43. The number of fused-ring (bicyclic) bond motifs is 1. The molecule has 2 heterocycles. The molecule has 31 heavy (non-hydrogen) atoms. The molecule has 164 valence electrons. The third-order valence-corrected chi connectivity index (χ3v) is 7.90. The molecule has 1 spiro atoms. The number of carbonyl (C=O) groups excluding carboxylic acids is 1. The first-order valence-electron chi connectivity index (χ1n) is 11.7. The molecule has 5 rings (SSSR count). The van der Waals surface area contributed by atoms with Crippen LogP contribution in [0.4, 0.5) is 0 Å². The minimum atomic E-state index is -0.195. The quantitative estimate of drug-likeness (QED) is 0.753. The van der Waals surface area contributed by atoms with Crippen LogP contribution in [0.3, 0.4) is 0 Å². The summed E-state index contributed by atoms with van der Waals surface area (Å²) in [7, 11) is 1.79. The topological polar surface area (TPSA) is 51.5 Å². The summed E-state index contributed by atoms with van der Waals surface area (Å²) in [6.45, 7) is 3.28. The lowest BCUT2D eigenvalue weighted by molar-refractivity contribution is -0.0296. The van der Waals surface area contributed by atoms with Crippen molar-refractivity contribution in [3.8, 4) is 5.69 Å². The van der Waals surface area contributed by atoms with Crippen molar-refractivity contribution in [2.24, 2.45) is 5.41 Å². The van der Waals surface area contributed by atoms with E-state index in [1.165, 1.54) is 11.1 Å². The van der Waals surface area contributed by atoms with Crippen LogP contribution in [0.1, 0.15) is 65.6 Å². The van der Waals surface area contributed by atoms with Crippen molar-refractivity contribution in [3.05, 3.63) is 63.1 Å². The van der Waals surface area contributed by atoms with E-state index in [1.807, 2.05) is 36.2 Å². The van der Waals surface area contributed by atoms with Crippen LogP contribution in [-0.4, -0.2) is 41.7 Å². The maximum absolute atomic E-state index is 13.7. The Hall–Kier alpha value is -2.40. The number of amides is 1. The summed E-state index contributed by atoms with van der Waals surface area (Å²) in [4.78, 5) is 29.2. The predicted octanol–water partition coefficient (Wildman–Crippen LogP) is 4.06. The zero-order valence-corrected chi connectivity index (χ0v) is 18.7. The van der Waals surface area contributed by atoms with Gasteiger partial charge in [-0.05, 0) is 80.7 Å². The second-order valence-corrected chi connectivity index (χ2v) is 9.63. The van der Waals surface area contributed by atoms with Crippen molar-refractivity contribution in [1.29, 1.82) is 0 Å². The van der Waals surface area contributed by atoms with Crippen LogP contribution in [0, 0.1) is 12.3 Å². The fourth-order valence-electron chi connectivity index (χ4n) is 6.33. The molecule has 2 atom stereocenters. The van der Waals surface area contributed by atoms with E-state index < -0.39 is 0 Å². The standard InChI is InChI=1S/C26H32N2O3/c1-18-12-16-28(21-10-4-8-19-7-3-9-20(19)21)25(30)23(18)24(29)27-15-6-14-26(17-27)13-5-11-22(26)31-2/h4,8,10,12,16,22H,3,5-7,9,11,13-15,17H2,1-2H3/t22-,26-/m1/s1. The highest BCUT2D eigenvalue weighted by Crippen LogP contribution is 2.46. The fraction of sp³-hybridized carbons (Fsp3) is 0.538. The lowest BCUT2D eigenvalue weighted by Gasteiger charge is -2.43. The molecule has 0 radical (unpaired) electrons. The molecule has 2 aromatic rings. The van der Waals surface area contributed by atoms with Crippen molar-refractivity contribution < 1.29 is 9.53 Å². The molecule has 1 aliphatic heterocycles. The van der Waals surface area contributed by atoms with E-state index in [2.05, 4.69) is 6.07 Å². The van der Waals surface area contributed by atoms with Crippen LogP contribution in [0.15, 0.2) is 35.3 Å². The molecule has 1 aromatic heterocycles. The summed E-state index contributed by atoms with van der Waals surface area (Å²) >= 11 is 0. The number of aryl methyl sites for hydroxylation is 2. The molecule has 3 aliphatic rings. The number of nitrogens with zero attached hydrogens (tertiary/aromatic N) is 2. The molecule has 5 nitrogen and oxygen atoms in total. The van der Waals surface area contributed by atoms with Crippen LogP contribution >= 0.6 is 0 Å². The van der Waals surface area contributed by atoms with Crippen molar-refractivity contribution >= 4 is 5.91 Å². The van der Waals surface area contributed by atoms with E-state index in [9.17, 15) is 9.59 Å². The van der Waals surface area contributed by atoms with Crippen LogP contribution < -0.4 is 5.56 Å². The number of aromatic nitrogens is 1. The number of hydrogen-bond donors (Lipinski definition) is 0. The number of pyridine rings is 1. The fourth-order valence-corrected chi connectivity index (χ4v) is 6.33. The average Bonchev–Trinajstić information content (AvgIpc) is 3.40. The Kier molecular flexibility index (Phi) is 5.25. The van der Waals surface area contributed by atoms with Crippen LogP contribution in [0.2, 0.25) is 0 Å². The van der Waals surface area contributed by atoms with Gasteiger partial charge in [0.2, 0.25) is 0 Å².